The van der Waals surface area contributed by atoms with Crippen molar-refractivity contribution >= 4 is 6.03 Å². The number of benzene rings is 2. The van der Waals surface area contributed by atoms with Crippen molar-refractivity contribution in [1.29, 1.82) is 0 Å². The van der Waals surface area contributed by atoms with E-state index in [1.54, 1.807) is 11.9 Å². The number of carbonyl (C=O) groups is 1. The Hall–Kier alpha value is -3.18. The molecule has 1 fully saturated rings. The van der Waals surface area contributed by atoms with Gasteiger partial charge >= 0.3 is 18.4 Å². The first-order chi connectivity index (χ1) is 17.2. The summed E-state index contributed by atoms with van der Waals surface area (Å²) in [7, 11) is 3.49. The maximum atomic E-state index is 13.0. The van der Waals surface area contributed by atoms with Crippen molar-refractivity contribution in [3.8, 4) is 0 Å². The molecular weight excluding hydrogens is 507 g/mol. The third-order valence-corrected chi connectivity index (χ3v) is 6.11. The fourth-order valence-electron chi connectivity index (χ4n) is 4.34. The lowest BCUT2D eigenvalue weighted by Gasteiger charge is -2.32. The Morgan fingerprint density at radius 3 is 2.05 bits per heavy atom. The molecule has 204 valence electrons. The first-order valence-electron chi connectivity index (χ1n) is 11.5. The number of amides is 2. The van der Waals surface area contributed by atoms with Crippen molar-refractivity contribution in [2.45, 2.75) is 50.5 Å². The minimum absolute atomic E-state index is 0.00565. The van der Waals surface area contributed by atoms with Gasteiger partial charge in [0.05, 0.1) is 11.1 Å². The van der Waals surface area contributed by atoms with Gasteiger partial charge in [-0.1, -0.05) is 23.7 Å². The van der Waals surface area contributed by atoms with E-state index in [0.717, 1.165) is 19.4 Å². The van der Waals surface area contributed by atoms with Crippen molar-refractivity contribution in [1.82, 2.24) is 10.2 Å². The van der Waals surface area contributed by atoms with E-state index in [1.807, 2.05) is 19.2 Å². The van der Waals surface area contributed by atoms with Crippen LogP contribution in [0.5, 0.6) is 0 Å². The molecule has 12 heteroatoms. The number of nitroso groups, excluding NO2 is 1. The molecule has 0 aromatic heterocycles. The molecule has 2 atom stereocenters. The third-order valence-electron chi connectivity index (χ3n) is 6.11. The van der Waals surface area contributed by atoms with Crippen LogP contribution in [0.25, 0.3) is 0 Å². The van der Waals surface area contributed by atoms with Crippen molar-refractivity contribution in [3.63, 3.8) is 0 Å². The fourth-order valence-corrected chi connectivity index (χ4v) is 4.34. The predicted molar refractivity (Wildman–Crippen MR) is 124 cm³/mol. The highest BCUT2D eigenvalue weighted by Crippen LogP contribution is 2.37. The summed E-state index contributed by atoms with van der Waals surface area (Å²) in [5.41, 5.74) is -2.11. The van der Waals surface area contributed by atoms with Crippen LogP contribution in [0.4, 0.5) is 35.5 Å². The SMILES string of the molecule is CNC(=O)N(C)C[C@H]1CCCC(c2ccc(F)cc2)C1.O=NCc1cc(C(F)(F)F)cc(C(F)(F)F)c1. The van der Waals surface area contributed by atoms with Crippen LogP contribution in [-0.4, -0.2) is 31.6 Å². The molecule has 1 N–H and O–H groups in total. The standard InChI is InChI=1S/C16H23FN2O.C9H5F6NO/c1-18-16(20)19(2)11-12-4-3-5-14(10-12)13-6-8-15(17)9-7-13;10-8(11,12)6-1-5(4-16-17)2-7(3-6)9(13,14)15/h6-9,12,14H,3-5,10-11H2,1-2H3,(H,18,20);1-3H,4H2/t12-,14?;/m0./s1. The quantitative estimate of drug-likeness (QED) is 0.321. The predicted octanol–water partition coefficient (Wildman–Crippen LogP) is 7.36. The third kappa shape index (κ3) is 9.32. The summed E-state index contributed by atoms with van der Waals surface area (Å²) in [6.45, 7) is 0.0460. The molecule has 5 nitrogen and oxygen atoms in total. The molecule has 3 rings (SSSR count). The van der Waals surface area contributed by atoms with E-state index in [0.29, 0.717) is 24.0 Å². The molecule has 1 aliphatic carbocycles. The Morgan fingerprint density at radius 2 is 1.57 bits per heavy atom. The minimum Gasteiger partial charge on any atom is -0.341 e. The lowest BCUT2D eigenvalue weighted by Crippen LogP contribution is -2.38. The molecule has 1 unspecified atom stereocenters. The highest BCUT2D eigenvalue weighted by atomic mass is 19.4. The maximum Gasteiger partial charge on any atom is 0.416 e. The molecule has 0 spiro atoms. The summed E-state index contributed by atoms with van der Waals surface area (Å²) in [6.07, 6.45) is -5.23. The second kappa shape index (κ2) is 12.9. The Labute approximate surface area is 210 Å². The van der Waals surface area contributed by atoms with Gasteiger partial charge in [-0.05, 0) is 72.6 Å². The van der Waals surface area contributed by atoms with Gasteiger partial charge in [0.1, 0.15) is 12.4 Å². The van der Waals surface area contributed by atoms with Crippen molar-refractivity contribution in [3.05, 3.63) is 75.4 Å². The van der Waals surface area contributed by atoms with Gasteiger partial charge in [0.15, 0.2) is 0 Å². The number of nitrogens with zero attached hydrogens (tertiary/aromatic N) is 2. The number of nitrogens with one attached hydrogen (secondary N) is 1. The summed E-state index contributed by atoms with van der Waals surface area (Å²) < 4.78 is 86.8. The molecule has 0 saturated heterocycles. The molecule has 0 radical (unpaired) electrons. The molecule has 2 aromatic carbocycles. The molecule has 1 aliphatic rings. The topological polar surface area (TPSA) is 61.8 Å². The van der Waals surface area contributed by atoms with Gasteiger partial charge in [0.25, 0.3) is 0 Å². The Morgan fingerprint density at radius 1 is 1.00 bits per heavy atom. The van der Waals surface area contributed by atoms with Crippen LogP contribution in [0.1, 0.15) is 53.9 Å². The molecular formula is C25H28F7N3O2. The van der Waals surface area contributed by atoms with Crippen molar-refractivity contribution in [2.75, 3.05) is 20.6 Å². The summed E-state index contributed by atoms with van der Waals surface area (Å²) >= 11 is 0. The zero-order valence-electron chi connectivity index (χ0n) is 20.3. The van der Waals surface area contributed by atoms with Crippen molar-refractivity contribution in [2.24, 2.45) is 11.1 Å². The first kappa shape index (κ1) is 30.0. The first-order valence-corrected chi connectivity index (χ1v) is 11.5. The fraction of sp³-hybridized carbons (Fsp3) is 0.480. The highest BCUT2D eigenvalue weighted by Gasteiger charge is 2.36. The number of hydrogen-bond donors (Lipinski definition) is 1. The van der Waals surface area contributed by atoms with Gasteiger partial charge in [-0.2, -0.15) is 31.2 Å². The lowest BCUT2D eigenvalue weighted by molar-refractivity contribution is -0.143. The minimum atomic E-state index is -4.90. The van der Waals surface area contributed by atoms with Crippen LogP contribution in [0, 0.1) is 16.6 Å². The Kier molecular flexibility index (Phi) is 10.4. The number of hydrogen-bond acceptors (Lipinski definition) is 3. The van der Waals surface area contributed by atoms with Gasteiger partial charge in [0, 0.05) is 20.6 Å². The highest BCUT2D eigenvalue weighted by molar-refractivity contribution is 5.73. The summed E-state index contributed by atoms with van der Waals surface area (Å²) in [6, 6.07) is 7.76. The number of rotatable bonds is 5. The summed E-state index contributed by atoms with van der Waals surface area (Å²) in [4.78, 5) is 23.2. The second-order valence-electron chi connectivity index (χ2n) is 8.92. The molecule has 1 saturated carbocycles. The average Bonchev–Trinajstić information content (AvgIpc) is 2.83. The van der Waals surface area contributed by atoms with Crippen LogP contribution in [0.3, 0.4) is 0 Å². The zero-order valence-corrected chi connectivity index (χ0v) is 20.3. The average molecular weight is 536 g/mol. The van der Waals surface area contributed by atoms with Crippen LogP contribution in [0.2, 0.25) is 0 Å². The zero-order chi connectivity index (χ0) is 27.8. The number of urea groups is 1. The number of alkyl halides is 6. The van der Waals surface area contributed by atoms with Crippen molar-refractivity contribution < 1.29 is 35.5 Å². The van der Waals surface area contributed by atoms with Crippen LogP contribution < -0.4 is 5.32 Å². The largest absolute Gasteiger partial charge is 0.416 e. The van der Waals surface area contributed by atoms with Crippen LogP contribution in [0.15, 0.2) is 47.6 Å². The van der Waals surface area contributed by atoms with Gasteiger partial charge in [-0.15, -0.1) is 0 Å². The molecule has 37 heavy (non-hydrogen) atoms. The molecule has 2 aromatic rings. The van der Waals surface area contributed by atoms with Crippen LogP contribution in [-0.2, 0) is 18.9 Å². The molecule has 0 heterocycles. The molecule has 0 aliphatic heterocycles. The van der Waals surface area contributed by atoms with Gasteiger partial charge in [-0.3, -0.25) is 0 Å². The number of carbonyl (C=O) groups excluding carboxylic acids is 1. The normalized spacial score (nSPS) is 17.9. The Balaban J connectivity index is 0.000000264. The van der Waals surface area contributed by atoms with E-state index >= 15 is 0 Å². The second-order valence-corrected chi connectivity index (χ2v) is 8.92. The van der Waals surface area contributed by atoms with E-state index in [2.05, 4.69) is 10.5 Å². The van der Waals surface area contributed by atoms with Gasteiger partial charge in [-0.25, -0.2) is 9.18 Å². The summed E-state index contributed by atoms with van der Waals surface area (Å²) in [5.74, 6) is 0.842. The molecule has 2 amide bonds. The van der Waals surface area contributed by atoms with E-state index in [1.165, 1.54) is 30.5 Å². The Bertz CT molecular complexity index is 1010. The van der Waals surface area contributed by atoms with E-state index in [4.69, 9.17) is 0 Å². The van der Waals surface area contributed by atoms with Gasteiger partial charge in [0.2, 0.25) is 0 Å². The smallest absolute Gasteiger partial charge is 0.341 e. The van der Waals surface area contributed by atoms with Crippen LogP contribution >= 0.6 is 0 Å². The molecule has 0 bridgehead atoms. The lowest BCUT2D eigenvalue weighted by atomic mass is 9.78. The summed E-state index contributed by atoms with van der Waals surface area (Å²) in [5, 5.41) is 4.92. The number of halogens is 7. The van der Waals surface area contributed by atoms with E-state index < -0.39 is 35.6 Å². The van der Waals surface area contributed by atoms with Gasteiger partial charge < -0.3 is 10.2 Å². The monoisotopic (exact) mass is 535 g/mol. The maximum absolute atomic E-state index is 13.0. The van der Waals surface area contributed by atoms with E-state index in [-0.39, 0.29) is 17.9 Å². The van der Waals surface area contributed by atoms with E-state index in [9.17, 15) is 40.4 Å².